The molecule has 1 heterocycles. The van der Waals surface area contributed by atoms with Gasteiger partial charge in [-0.25, -0.2) is 8.78 Å². The molecule has 0 aromatic heterocycles. The third-order valence-corrected chi connectivity index (χ3v) is 2.95. The molecule has 1 atom stereocenters. The van der Waals surface area contributed by atoms with Gasteiger partial charge in [-0.15, -0.1) is 0 Å². The van der Waals surface area contributed by atoms with E-state index in [0.717, 1.165) is 0 Å². The number of benzene rings is 1. The second-order valence-corrected chi connectivity index (χ2v) is 4.53. The quantitative estimate of drug-likeness (QED) is 0.829. The van der Waals surface area contributed by atoms with Crippen molar-refractivity contribution >= 4 is 5.91 Å². The molecule has 5 heteroatoms. The maximum absolute atomic E-state index is 13.1. The summed E-state index contributed by atoms with van der Waals surface area (Å²) in [5.74, 6) is -2.62. The number of hydrogen-bond acceptors (Lipinski definition) is 2. The Balaban J connectivity index is 1.89. The van der Waals surface area contributed by atoms with Crippen molar-refractivity contribution in [1.29, 1.82) is 0 Å². The van der Waals surface area contributed by atoms with Crippen molar-refractivity contribution in [2.24, 2.45) is 0 Å². The molecule has 18 heavy (non-hydrogen) atoms. The van der Waals surface area contributed by atoms with Crippen LogP contribution in [-0.2, 0) is 4.79 Å². The van der Waals surface area contributed by atoms with E-state index < -0.39 is 24.4 Å². The number of carbonyl (C=O) groups excluding carboxylic acids is 1. The minimum Gasteiger partial charge on any atom is -0.484 e. The highest BCUT2D eigenvalue weighted by atomic mass is 19.3. The topological polar surface area (TPSA) is 29.5 Å². The van der Waals surface area contributed by atoms with E-state index in [9.17, 15) is 13.6 Å². The molecule has 98 valence electrons. The van der Waals surface area contributed by atoms with Crippen molar-refractivity contribution in [2.75, 3.05) is 13.2 Å². The van der Waals surface area contributed by atoms with Gasteiger partial charge in [0.05, 0.1) is 6.54 Å². The van der Waals surface area contributed by atoms with Gasteiger partial charge >= 0.3 is 0 Å². The Morgan fingerprint density at radius 2 is 2.11 bits per heavy atom. The molecule has 1 aliphatic rings. The van der Waals surface area contributed by atoms with Crippen molar-refractivity contribution in [1.82, 2.24) is 4.90 Å². The van der Waals surface area contributed by atoms with Gasteiger partial charge in [-0.1, -0.05) is 18.2 Å². The lowest BCUT2D eigenvalue weighted by Gasteiger charge is -2.20. The molecule has 1 aromatic carbocycles. The number of carbonyl (C=O) groups is 1. The number of ether oxygens (including phenoxy) is 1. The second-order valence-electron chi connectivity index (χ2n) is 4.53. The van der Waals surface area contributed by atoms with Gasteiger partial charge in [0, 0.05) is 12.5 Å². The lowest BCUT2D eigenvalue weighted by molar-refractivity contribution is -0.135. The summed E-state index contributed by atoms with van der Waals surface area (Å²) < 4.78 is 31.5. The Kier molecular flexibility index (Phi) is 3.50. The minimum atomic E-state index is -2.78. The summed E-state index contributed by atoms with van der Waals surface area (Å²) in [4.78, 5) is 13.0. The Bertz CT molecular complexity index is 422. The fourth-order valence-electron chi connectivity index (χ4n) is 2.09. The van der Waals surface area contributed by atoms with Crippen LogP contribution in [0.1, 0.15) is 13.3 Å². The molecule has 1 saturated heterocycles. The Morgan fingerprint density at radius 1 is 1.44 bits per heavy atom. The first-order chi connectivity index (χ1) is 8.48. The summed E-state index contributed by atoms with van der Waals surface area (Å²) in [5.41, 5.74) is 0. The van der Waals surface area contributed by atoms with Gasteiger partial charge in [-0.05, 0) is 19.1 Å². The van der Waals surface area contributed by atoms with Gasteiger partial charge in [0.1, 0.15) is 5.75 Å². The lowest BCUT2D eigenvalue weighted by Crippen LogP contribution is -2.38. The molecular formula is C13H15F2NO2. The van der Waals surface area contributed by atoms with Crippen molar-refractivity contribution in [3.05, 3.63) is 30.3 Å². The summed E-state index contributed by atoms with van der Waals surface area (Å²) >= 11 is 0. The van der Waals surface area contributed by atoms with E-state index in [1.807, 2.05) is 6.07 Å². The summed E-state index contributed by atoms with van der Waals surface area (Å²) in [7, 11) is 0. The van der Waals surface area contributed by atoms with E-state index in [1.165, 1.54) is 4.90 Å². The van der Waals surface area contributed by atoms with Crippen LogP contribution in [-0.4, -0.2) is 35.9 Å². The number of rotatable bonds is 3. The van der Waals surface area contributed by atoms with E-state index in [2.05, 4.69) is 0 Å². The van der Waals surface area contributed by atoms with Gasteiger partial charge < -0.3 is 9.64 Å². The second kappa shape index (κ2) is 4.92. The minimum absolute atomic E-state index is 0.204. The van der Waals surface area contributed by atoms with Crippen LogP contribution in [0.2, 0.25) is 0 Å². The number of hydrogen-bond donors (Lipinski definition) is 0. The van der Waals surface area contributed by atoms with E-state index >= 15 is 0 Å². The molecule has 1 aliphatic heterocycles. The zero-order chi connectivity index (χ0) is 13.2. The normalized spacial score (nSPS) is 21.9. The first-order valence-corrected chi connectivity index (χ1v) is 5.83. The third-order valence-electron chi connectivity index (χ3n) is 2.95. The van der Waals surface area contributed by atoms with Crippen molar-refractivity contribution < 1.29 is 18.3 Å². The molecular weight excluding hydrogens is 240 g/mol. The molecule has 0 unspecified atom stereocenters. The van der Waals surface area contributed by atoms with E-state index in [-0.39, 0.29) is 13.0 Å². The molecule has 0 N–H and O–H groups in total. The average molecular weight is 255 g/mol. The maximum atomic E-state index is 13.1. The highest BCUT2D eigenvalue weighted by Gasteiger charge is 2.44. The number of nitrogens with zero attached hydrogens (tertiary/aromatic N) is 1. The Hall–Kier alpha value is -1.65. The summed E-state index contributed by atoms with van der Waals surface area (Å²) in [5, 5.41) is 0. The van der Waals surface area contributed by atoms with Gasteiger partial charge in [0.15, 0.2) is 6.61 Å². The predicted molar refractivity (Wildman–Crippen MR) is 62.7 cm³/mol. The highest BCUT2D eigenvalue weighted by Crippen LogP contribution is 2.31. The third kappa shape index (κ3) is 2.97. The SMILES string of the molecule is C[C@@H]1CC(F)(F)CN1C(=O)COc1ccccc1. The number of halogens is 2. The summed E-state index contributed by atoms with van der Waals surface area (Å²) in [6.45, 7) is 0.914. The first kappa shape index (κ1) is 12.8. The van der Waals surface area contributed by atoms with Crippen LogP contribution in [0, 0.1) is 0 Å². The van der Waals surface area contributed by atoms with Crippen molar-refractivity contribution in [3.8, 4) is 5.75 Å². The zero-order valence-electron chi connectivity index (χ0n) is 10.1. The number of para-hydroxylation sites is 1. The van der Waals surface area contributed by atoms with Crippen LogP contribution in [0.4, 0.5) is 8.78 Å². The number of likely N-dealkylation sites (tertiary alicyclic amines) is 1. The summed E-state index contributed by atoms with van der Waals surface area (Å²) in [6, 6.07) is 8.40. The van der Waals surface area contributed by atoms with Gasteiger partial charge in [-0.3, -0.25) is 4.79 Å². The monoisotopic (exact) mass is 255 g/mol. The standard InChI is InChI=1S/C13H15F2NO2/c1-10-7-13(14,15)9-16(10)12(17)8-18-11-5-3-2-4-6-11/h2-6,10H,7-9H2,1H3/t10-/m1/s1. The maximum Gasteiger partial charge on any atom is 0.267 e. The fraction of sp³-hybridized carbons (Fsp3) is 0.462. The fourth-order valence-corrected chi connectivity index (χ4v) is 2.09. The predicted octanol–water partition coefficient (Wildman–Crippen LogP) is 2.32. The van der Waals surface area contributed by atoms with Gasteiger partial charge in [0.2, 0.25) is 0 Å². The Morgan fingerprint density at radius 3 is 2.67 bits per heavy atom. The van der Waals surface area contributed by atoms with Crippen molar-refractivity contribution in [2.45, 2.75) is 25.3 Å². The molecule has 0 spiro atoms. The average Bonchev–Trinajstić information content (AvgIpc) is 2.61. The molecule has 2 rings (SSSR count). The molecule has 1 fully saturated rings. The van der Waals surface area contributed by atoms with Gasteiger partial charge in [-0.2, -0.15) is 0 Å². The molecule has 0 bridgehead atoms. The van der Waals surface area contributed by atoms with Crippen LogP contribution in [0.3, 0.4) is 0 Å². The van der Waals surface area contributed by atoms with Crippen molar-refractivity contribution in [3.63, 3.8) is 0 Å². The first-order valence-electron chi connectivity index (χ1n) is 5.83. The summed E-state index contributed by atoms with van der Waals surface area (Å²) in [6.07, 6.45) is -0.274. The Labute approximate surface area is 104 Å². The molecule has 3 nitrogen and oxygen atoms in total. The van der Waals surface area contributed by atoms with Crippen LogP contribution >= 0.6 is 0 Å². The zero-order valence-corrected chi connectivity index (χ0v) is 10.1. The molecule has 1 aromatic rings. The van der Waals surface area contributed by atoms with Crippen LogP contribution in [0.15, 0.2) is 30.3 Å². The smallest absolute Gasteiger partial charge is 0.267 e. The van der Waals surface area contributed by atoms with Crippen LogP contribution < -0.4 is 4.74 Å². The number of amides is 1. The van der Waals surface area contributed by atoms with Crippen LogP contribution in [0.25, 0.3) is 0 Å². The number of alkyl halides is 2. The van der Waals surface area contributed by atoms with Crippen LogP contribution in [0.5, 0.6) is 5.75 Å². The lowest BCUT2D eigenvalue weighted by atomic mass is 10.2. The van der Waals surface area contributed by atoms with E-state index in [4.69, 9.17) is 4.74 Å². The molecule has 0 radical (unpaired) electrons. The highest BCUT2D eigenvalue weighted by molar-refractivity contribution is 5.78. The van der Waals surface area contributed by atoms with E-state index in [0.29, 0.717) is 5.75 Å². The largest absolute Gasteiger partial charge is 0.484 e. The molecule has 1 amide bonds. The molecule has 0 aliphatic carbocycles. The molecule has 0 saturated carbocycles. The van der Waals surface area contributed by atoms with E-state index in [1.54, 1.807) is 31.2 Å². The van der Waals surface area contributed by atoms with Gasteiger partial charge in [0.25, 0.3) is 11.8 Å².